The van der Waals surface area contributed by atoms with E-state index in [1.54, 1.807) is 0 Å². The van der Waals surface area contributed by atoms with E-state index in [1.807, 2.05) is 6.92 Å². The van der Waals surface area contributed by atoms with Crippen molar-refractivity contribution in [3.63, 3.8) is 0 Å². The van der Waals surface area contributed by atoms with Gasteiger partial charge in [0.25, 0.3) is 0 Å². The number of anilines is 1. The highest BCUT2D eigenvalue weighted by atomic mass is 32.2. The minimum absolute atomic E-state index is 0.0638. The molecule has 0 amide bonds. The molecule has 2 N–H and O–H groups in total. The van der Waals surface area contributed by atoms with Gasteiger partial charge in [0.15, 0.2) is 5.69 Å². The van der Waals surface area contributed by atoms with E-state index >= 15 is 0 Å². The van der Waals surface area contributed by atoms with Gasteiger partial charge < -0.3 is 10.5 Å². The second kappa shape index (κ2) is 6.18. The molecule has 9 heteroatoms. The van der Waals surface area contributed by atoms with E-state index in [1.165, 1.54) is 11.7 Å². The Morgan fingerprint density at radius 1 is 1.53 bits per heavy atom. The van der Waals surface area contributed by atoms with Gasteiger partial charge in [-0.15, -0.1) is 0 Å². The number of nitrogens with zero attached hydrogens (tertiary/aromatic N) is 2. The monoisotopic (exact) mass is 297 g/mol. The Balaban J connectivity index is 2.57. The van der Waals surface area contributed by atoms with Crippen molar-refractivity contribution in [2.45, 2.75) is 18.9 Å². The summed E-state index contributed by atoms with van der Waals surface area (Å²) in [5, 5.41) is 4.02. The number of halogens is 3. The Morgan fingerprint density at radius 3 is 2.63 bits per heavy atom. The first-order valence-corrected chi connectivity index (χ1v) is 6.44. The SMILES string of the molecule is CCc1nn(C)c(C(=O)OCCSC(F)(F)F)c1N. The number of hydrogen-bond donors (Lipinski definition) is 1. The summed E-state index contributed by atoms with van der Waals surface area (Å²) in [6.07, 6.45) is 0.552. The molecule has 0 unspecified atom stereocenters. The van der Waals surface area contributed by atoms with Crippen LogP contribution in [0.1, 0.15) is 23.1 Å². The van der Waals surface area contributed by atoms with Gasteiger partial charge >= 0.3 is 11.5 Å². The molecule has 0 aromatic carbocycles. The predicted molar refractivity (Wildman–Crippen MR) is 65.8 cm³/mol. The lowest BCUT2D eigenvalue weighted by molar-refractivity contribution is -0.0331. The summed E-state index contributed by atoms with van der Waals surface area (Å²) in [6, 6.07) is 0. The molecule has 5 nitrogen and oxygen atoms in total. The van der Waals surface area contributed by atoms with Gasteiger partial charge in [0.1, 0.15) is 6.61 Å². The predicted octanol–water partition coefficient (Wildman–Crippen LogP) is 1.97. The summed E-state index contributed by atoms with van der Waals surface area (Å²) in [7, 11) is 1.52. The Morgan fingerprint density at radius 2 is 2.16 bits per heavy atom. The lowest BCUT2D eigenvalue weighted by Crippen LogP contribution is -2.15. The topological polar surface area (TPSA) is 70.1 Å². The number of nitrogens with two attached hydrogens (primary N) is 1. The second-order valence-electron chi connectivity index (χ2n) is 3.62. The van der Waals surface area contributed by atoms with Crippen molar-refractivity contribution in [2.75, 3.05) is 18.1 Å². The quantitative estimate of drug-likeness (QED) is 0.664. The molecule has 0 spiro atoms. The molecule has 1 heterocycles. The van der Waals surface area contributed by atoms with Crippen LogP contribution >= 0.6 is 11.8 Å². The summed E-state index contributed by atoms with van der Waals surface area (Å²) in [6.45, 7) is 1.49. The van der Waals surface area contributed by atoms with Crippen LogP contribution in [0.3, 0.4) is 0 Å². The van der Waals surface area contributed by atoms with Crippen molar-refractivity contribution in [1.82, 2.24) is 9.78 Å². The van der Waals surface area contributed by atoms with Crippen LogP contribution in [-0.2, 0) is 18.2 Å². The number of nitrogen functional groups attached to an aromatic ring is 1. The molecule has 0 aliphatic heterocycles. The molecule has 1 aromatic rings. The van der Waals surface area contributed by atoms with Crippen molar-refractivity contribution < 1.29 is 22.7 Å². The number of alkyl halides is 3. The third-order valence-corrected chi connectivity index (χ3v) is 2.97. The Kier molecular flexibility index (Phi) is 5.10. The Labute approximate surface area is 112 Å². The number of carbonyl (C=O) groups excluding carboxylic acids is 1. The Bertz CT molecular complexity index is 460. The summed E-state index contributed by atoms with van der Waals surface area (Å²) < 4.78 is 41.6. The first-order valence-electron chi connectivity index (χ1n) is 5.45. The maximum absolute atomic E-state index is 11.9. The van der Waals surface area contributed by atoms with E-state index in [-0.39, 0.29) is 35.5 Å². The highest BCUT2D eigenvalue weighted by molar-refractivity contribution is 8.00. The van der Waals surface area contributed by atoms with Gasteiger partial charge in [0, 0.05) is 12.8 Å². The molecule has 0 aliphatic carbocycles. The standard InChI is InChI=1S/C10H14F3N3O2S/c1-3-6-7(14)8(16(2)15-6)9(17)18-4-5-19-10(11,12)13/h3-5,14H2,1-2H3. The molecule has 0 saturated heterocycles. The largest absolute Gasteiger partial charge is 0.460 e. The molecule has 108 valence electrons. The van der Waals surface area contributed by atoms with Crippen LogP contribution in [0.4, 0.5) is 18.9 Å². The maximum Gasteiger partial charge on any atom is 0.441 e. The van der Waals surface area contributed by atoms with Crippen molar-refractivity contribution in [2.24, 2.45) is 7.05 Å². The summed E-state index contributed by atoms with van der Waals surface area (Å²) >= 11 is -0.242. The first kappa shape index (κ1) is 15.7. The van der Waals surface area contributed by atoms with Gasteiger partial charge in [0.2, 0.25) is 0 Å². The van der Waals surface area contributed by atoms with E-state index in [9.17, 15) is 18.0 Å². The van der Waals surface area contributed by atoms with E-state index in [2.05, 4.69) is 5.10 Å². The van der Waals surface area contributed by atoms with Gasteiger partial charge in [-0.05, 0) is 18.2 Å². The highest BCUT2D eigenvalue weighted by Crippen LogP contribution is 2.29. The number of ether oxygens (including phenoxy) is 1. The fraction of sp³-hybridized carbons (Fsp3) is 0.600. The smallest absolute Gasteiger partial charge is 0.441 e. The summed E-state index contributed by atoms with van der Waals surface area (Å²) in [5.74, 6) is -1.12. The number of hydrogen-bond acceptors (Lipinski definition) is 5. The number of esters is 1. The van der Waals surface area contributed by atoms with Crippen molar-refractivity contribution in [3.8, 4) is 0 Å². The van der Waals surface area contributed by atoms with Gasteiger partial charge in [-0.2, -0.15) is 18.3 Å². The van der Waals surface area contributed by atoms with Crippen LogP contribution in [0.25, 0.3) is 0 Å². The zero-order valence-electron chi connectivity index (χ0n) is 10.5. The van der Waals surface area contributed by atoms with E-state index in [0.29, 0.717) is 12.1 Å². The van der Waals surface area contributed by atoms with Crippen LogP contribution in [0.15, 0.2) is 0 Å². The Hall–Kier alpha value is -1.38. The van der Waals surface area contributed by atoms with Crippen molar-refractivity contribution in [3.05, 3.63) is 11.4 Å². The summed E-state index contributed by atoms with van der Waals surface area (Å²) in [4.78, 5) is 11.7. The van der Waals surface area contributed by atoms with Gasteiger partial charge in [-0.3, -0.25) is 4.68 Å². The van der Waals surface area contributed by atoms with Crippen molar-refractivity contribution >= 4 is 23.4 Å². The van der Waals surface area contributed by atoms with E-state index < -0.39 is 11.5 Å². The molecule has 1 rings (SSSR count). The zero-order valence-corrected chi connectivity index (χ0v) is 11.3. The number of rotatable bonds is 5. The third kappa shape index (κ3) is 4.34. The summed E-state index contributed by atoms with van der Waals surface area (Å²) in [5.41, 5.74) is 2.22. The van der Waals surface area contributed by atoms with Crippen LogP contribution in [0.5, 0.6) is 0 Å². The van der Waals surface area contributed by atoms with Gasteiger partial charge in [-0.25, -0.2) is 4.79 Å². The highest BCUT2D eigenvalue weighted by Gasteiger charge is 2.28. The molecule has 0 fully saturated rings. The van der Waals surface area contributed by atoms with Crippen LogP contribution in [0, 0.1) is 0 Å². The minimum atomic E-state index is -4.33. The first-order chi connectivity index (χ1) is 8.76. The number of aromatic nitrogens is 2. The fourth-order valence-electron chi connectivity index (χ4n) is 1.46. The average Bonchev–Trinajstić information content (AvgIpc) is 2.58. The lowest BCUT2D eigenvalue weighted by atomic mass is 10.2. The molecular formula is C10H14F3N3O2S. The van der Waals surface area contributed by atoms with Crippen LogP contribution < -0.4 is 5.73 Å². The van der Waals surface area contributed by atoms with E-state index in [0.717, 1.165) is 0 Å². The minimum Gasteiger partial charge on any atom is -0.460 e. The molecule has 0 saturated carbocycles. The molecule has 0 aliphatic rings. The lowest BCUT2D eigenvalue weighted by Gasteiger charge is -2.07. The molecule has 0 bridgehead atoms. The van der Waals surface area contributed by atoms with E-state index in [4.69, 9.17) is 10.5 Å². The number of carbonyl (C=O) groups is 1. The number of thioether (sulfide) groups is 1. The molecule has 0 atom stereocenters. The van der Waals surface area contributed by atoms with Crippen molar-refractivity contribution in [1.29, 1.82) is 0 Å². The zero-order chi connectivity index (χ0) is 14.6. The van der Waals surface area contributed by atoms with Crippen LogP contribution in [-0.4, -0.2) is 33.6 Å². The molecule has 19 heavy (non-hydrogen) atoms. The molecular weight excluding hydrogens is 283 g/mol. The average molecular weight is 297 g/mol. The normalized spacial score (nSPS) is 11.6. The molecule has 1 aromatic heterocycles. The fourth-order valence-corrected chi connectivity index (χ4v) is 1.86. The third-order valence-electron chi connectivity index (χ3n) is 2.27. The second-order valence-corrected chi connectivity index (χ2v) is 4.78. The van der Waals surface area contributed by atoms with Gasteiger partial charge in [-0.1, -0.05) is 6.92 Å². The maximum atomic E-state index is 11.9. The number of aryl methyl sites for hydroxylation is 2. The van der Waals surface area contributed by atoms with Gasteiger partial charge in [0.05, 0.1) is 11.4 Å². The van der Waals surface area contributed by atoms with Crippen LogP contribution in [0.2, 0.25) is 0 Å². The molecule has 0 radical (unpaired) electrons.